The summed E-state index contributed by atoms with van der Waals surface area (Å²) in [6.07, 6.45) is 2.76. The van der Waals surface area contributed by atoms with E-state index in [1.54, 1.807) is 0 Å². The topological polar surface area (TPSA) is 3.24 Å². The van der Waals surface area contributed by atoms with E-state index in [1.165, 1.54) is 49.3 Å². The first-order chi connectivity index (χ1) is 6.36. The van der Waals surface area contributed by atoms with E-state index in [0.29, 0.717) is 0 Å². The van der Waals surface area contributed by atoms with Crippen LogP contribution in [0.1, 0.15) is 19.8 Å². The monoisotopic (exact) mass is 265 g/mol. The SMILES string of the molecule is CCSCCCN1CCC(CBr)C1. The number of nitrogens with zero attached hydrogens (tertiary/aromatic N) is 1. The smallest absolute Gasteiger partial charge is 0.00723 e. The zero-order valence-corrected chi connectivity index (χ0v) is 10.9. The van der Waals surface area contributed by atoms with Gasteiger partial charge in [0.2, 0.25) is 0 Å². The van der Waals surface area contributed by atoms with Crippen LogP contribution in [0.2, 0.25) is 0 Å². The minimum Gasteiger partial charge on any atom is -0.303 e. The van der Waals surface area contributed by atoms with Gasteiger partial charge in [0, 0.05) is 11.9 Å². The van der Waals surface area contributed by atoms with E-state index >= 15 is 0 Å². The van der Waals surface area contributed by atoms with E-state index < -0.39 is 0 Å². The third-order valence-corrected chi connectivity index (χ3v) is 4.46. The van der Waals surface area contributed by atoms with Crippen LogP contribution < -0.4 is 0 Å². The molecule has 0 N–H and O–H groups in total. The summed E-state index contributed by atoms with van der Waals surface area (Å²) in [5.74, 6) is 3.52. The Hall–Kier alpha value is 0.790. The van der Waals surface area contributed by atoms with Crippen molar-refractivity contribution in [2.45, 2.75) is 19.8 Å². The fourth-order valence-electron chi connectivity index (χ4n) is 1.78. The van der Waals surface area contributed by atoms with Crippen molar-refractivity contribution in [1.29, 1.82) is 0 Å². The fourth-order valence-corrected chi connectivity index (χ4v) is 2.93. The molecule has 0 spiro atoms. The molecule has 0 aromatic heterocycles. The molecule has 3 heteroatoms. The van der Waals surface area contributed by atoms with Crippen LogP contribution in [0.25, 0.3) is 0 Å². The third kappa shape index (κ3) is 4.71. The first kappa shape index (κ1) is 11.9. The van der Waals surface area contributed by atoms with Crippen molar-refractivity contribution in [2.75, 3.05) is 36.5 Å². The summed E-state index contributed by atoms with van der Waals surface area (Å²) >= 11 is 5.63. The van der Waals surface area contributed by atoms with Crippen LogP contribution in [0.5, 0.6) is 0 Å². The molecule has 0 radical (unpaired) electrons. The van der Waals surface area contributed by atoms with Crippen molar-refractivity contribution in [3.8, 4) is 0 Å². The normalized spacial score (nSPS) is 24.0. The highest BCUT2D eigenvalue weighted by Gasteiger charge is 2.20. The summed E-state index contributed by atoms with van der Waals surface area (Å²) in [5, 5.41) is 1.19. The van der Waals surface area contributed by atoms with Crippen LogP contribution >= 0.6 is 27.7 Å². The largest absolute Gasteiger partial charge is 0.303 e. The summed E-state index contributed by atoms with van der Waals surface area (Å²) in [6.45, 7) is 6.20. The van der Waals surface area contributed by atoms with Crippen LogP contribution in [0.3, 0.4) is 0 Å². The number of hydrogen-bond acceptors (Lipinski definition) is 2. The summed E-state index contributed by atoms with van der Waals surface area (Å²) in [5.41, 5.74) is 0. The van der Waals surface area contributed by atoms with Crippen LogP contribution in [-0.2, 0) is 0 Å². The van der Waals surface area contributed by atoms with Gasteiger partial charge in [-0.05, 0) is 43.4 Å². The standard InChI is InChI=1S/C10H20BrNS/c1-2-13-7-3-5-12-6-4-10(8-11)9-12/h10H,2-9H2,1H3. The fraction of sp³-hybridized carbons (Fsp3) is 1.00. The highest BCUT2D eigenvalue weighted by atomic mass is 79.9. The van der Waals surface area contributed by atoms with Gasteiger partial charge < -0.3 is 4.90 Å². The van der Waals surface area contributed by atoms with Gasteiger partial charge >= 0.3 is 0 Å². The number of likely N-dealkylation sites (tertiary alicyclic amines) is 1. The maximum atomic E-state index is 3.57. The van der Waals surface area contributed by atoms with Gasteiger partial charge in [0.1, 0.15) is 0 Å². The van der Waals surface area contributed by atoms with E-state index in [9.17, 15) is 0 Å². The van der Waals surface area contributed by atoms with Gasteiger partial charge in [-0.3, -0.25) is 0 Å². The molecule has 1 atom stereocenters. The van der Waals surface area contributed by atoms with E-state index in [1.807, 2.05) is 0 Å². The number of hydrogen-bond donors (Lipinski definition) is 0. The summed E-state index contributed by atoms with van der Waals surface area (Å²) in [6, 6.07) is 0. The lowest BCUT2D eigenvalue weighted by Crippen LogP contribution is -2.22. The van der Waals surface area contributed by atoms with Crippen LogP contribution in [-0.4, -0.2) is 41.4 Å². The van der Waals surface area contributed by atoms with Gasteiger partial charge in [0.05, 0.1) is 0 Å². The molecule has 1 aliphatic heterocycles. The van der Waals surface area contributed by atoms with Crippen molar-refractivity contribution in [3.05, 3.63) is 0 Å². The molecular formula is C10H20BrNS. The van der Waals surface area contributed by atoms with Gasteiger partial charge in [-0.25, -0.2) is 0 Å². The average Bonchev–Trinajstić information content (AvgIpc) is 2.60. The zero-order chi connectivity index (χ0) is 9.52. The molecule has 1 nitrogen and oxygen atoms in total. The Morgan fingerprint density at radius 2 is 2.38 bits per heavy atom. The number of alkyl halides is 1. The minimum absolute atomic E-state index is 0.916. The molecule has 0 aliphatic carbocycles. The first-order valence-corrected chi connectivity index (χ1v) is 7.50. The quantitative estimate of drug-likeness (QED) is 0.537. The molecule has 0 aromatic rings. The molecule has 13 heavy (non-hydrogen) atoms. The van der Waals surface area contributed by atoms with Crippen molar-refractivity contribution in [2.24, 2.45) is 5.92 Å². The summed E-state index contributed by atoms with van der Waals surface area (Å²) in [7, 11) is 0. The van der Waals surface area contributed by atoms with E-state index in [0.717, 1.165) is 5.92 Å². The first-order valence-electron chi connectivity index (χ1n) is 5.23. The molecule has 0 aromatic carbocycles. The van der Waals surface area contributed by atoms with Crippen molar-refractivity contribution in [1.82, 2.24) is 4.90 Å². The molecular weight excluding hydrogens is 246 g/mol. The molecule has 0 bridgehead atoms. The van der Waals surface area contributed by atoms with Crippen molar-refractivity contribution >= 4 is 27.7 Å². The highest BCUT2D eigenvalue weighted by molar-refractivity contribution is 9.09. The molecule has 1 heterocycles. The Labute approximate surface area is 94.8 Å². The van der Waals surface area contributed by atoms with Gasteiger partial charge in [0.15, 0.2) is 0 Å². The van der Waals surface area contributed by atoms with E-state index in [-0.39, 0.29) is 0 Å². The molecule has 1 rings (SSSR count). The van der Waals surface area contributed by atoms with Crippen LogP contribution in [0.4, 0.5) is 0 Å². The Kier molecular flexibility index (Phi) is 6.51. The summed E-state index contributed by atoms with van der Waals surface area (Å²) < 4.78 is 0. The van der Waals surface area contributed by atoms with Crippen molar-refractivity contribution in [3.63, 3.8) is 0 Å². The van der Waals surface area contributed by atoms with Crippen molar-refractivity contribution < 1.29 is 0 Å². The predicted octanol–water partition coefficient (Wildman–Crippen LogP) is 2.85. The maximum absolute atomic E-state index is 3.57. The zero-order valence-electron chi connectivity index (χ0n) is 8.47. The highest BCUT2D eigenvalue weighted by Crippen LogP contribution is 2.18. The van der Waals surface area contributed by atoms with Gasteiger partial charge in [-0.15, -0.1) is 0 Å². The van der Waals surface area contributed by atoms with Crippen LogP contribution in [0, 0.1) is 5.92 Å². The van der Waals surface area contributed by atoms with Gasteiger partial charge in [-0.2, -0.15) is 11.8 Å². The van der Waals surface area contributed by atoms with E-state index in [4.69, 9.17) is 0 Å². The summed E-state index contributed by atoms with van der Waals surface area (Å²) in [4.78, 5) is 2.61. The molecule has 1 fully saturated rings. The molecule has 0 amide bonds. The molecule has 1 aliphatic rings. The molecule has 0 saturated carbocycles. The lowest BCUT2D eigenvalue weighted by Gasteiger charge is -2.14. The second kappa shape index (κ2) is 7.13. The Balaban J connectivity index is 1.97. The van der Waals surface area contributed by atoms with Crippen LogP contribution in [0.15, 0.2) is 0 Å². The average molecular weight is 266 g/mol. The number of rotatable bonds is 6. The minimum atomic E-state index is 0.916. The third-order valence-electron chi connectivity index (χ3n) is 2.56. The molecule has 1 saturated heterocycles. The molecule has 78 valence electrons. The Morgan fingerprint density at radius 3 is 3.00 bits per heavy atom. The lowest BCUT2D eigenvalue weighted by atomic mass is 10.2. The Bertz CT molecular complexity index is 132. The second-order valence-corrected chi connectivity index (χ2v) is 5.70. The molecule has 1 unspecified atom stereocenters. The van der Waals surface area contributed by atoms with Gasteiger partial charge in [0.25, 0.3) is 0 Å². The second-order valence-electron chi connectivity index (χ2n) is 3.66. The van der Waals surface area contributed by atoms with E-state index in [2.05, 4.69) is 39.5 Å². The number of halogens is 1. The Morgan fingerprint density at radius 1 is 1.54 bits per heavy atom. The van der Waals surface area contributed by atoms with Gasteiger partial charge in [-0.1, -0.05) is 22.9 Å². The maximum Gasteiger partial charge on any atom is 0.00723 e. The predicted molar refractivity (Wildman–Crippen MR) is 66.0 cm³/mol. The number of thioether (sulfide) groups is 1. The lowest BCUT2D eigenvalue weighted by molar-refractivity contribution is 0.330.